The molecule has 1 N–H and O–H groups in total. The Morgan fingerprint density at radius 3 is 2.66 bits per heavy atom. The predicted octanol–water partition coefficient (Wildman–Crippen LogP) is 5.27. The molecule has 0 saturated carbocycles. The number of carbonyl (C=O) groups excluding carboxylic acids is 1. The van der Waals surface area contributed by atoms with Gasteiger partial charge in [-0.05, 0) is 35.7 Å². The SMILES string of the molecule is COCCN(Cc1nnc(-c2cccs2)o1)C(=O)Nc1ccccc1Oc1ccccc1. The molecule has 4 aromatic rings. The Morgan fingerprint density at radius 1 is 1.06 bits per heavy atom. The van der Waals surface area contributed by atoms with E-state index in [9.17, 15) is 4.79 Å². The first kappa shape index (κ1) is 21.5. The van der Waals surface area contributed by atoms with Gasteiger partial charge >= 0.3 is 6.03 Å². The van der Waals surface area contributed by atoms with Crippen molar-refractivity contribution in [2.45, 2.75) is 6.54 Å². The Labute approximate surface area is 189 Å². The molecule has 0 atom stereocenters. The van der Waals surface area contributed by atoms with E-state index in [-0.39, 0.29) is 12.6 Å². The number of thiophene rings is 1. The van der Waals surface area contributed by atoms with Crippen LogP contribution in [0.3, 0.4) is 0 Å². The number of hydrogen-bond donors (Lipinski definition) is 1. The highest BCUT2D eigenvalue weighted by atomic mass is 32.1. The summed E-state index contributed by atoms with van der Waals surface area (Å²) in [5.41, 5.74) is 0.550. The van der Waals surface area contributed by atoms with E-state index in [0.717, 1.165) is 4.88 Å². The van der Waals surface area contributed by atoms with Crippen molar-refractivity contribution in [1.82, 2.24) is 15.1 Å². The number of para-hydroxylation sites is 3. The zero-order valence-electron chi connectivity index (χ0n) is 17.4. The summed E-state index contributed by atoms with van der Waals surface area (Å²) in [7, 11) is 1.58. The molecular formula is C23H22N4O4S. The molecule has 32 heavy (non-hydrogen) atoms. The zero-order valence-corrected chi connectivity index (χ0v) is 18.2. The van der Waals surface area contributed by atoms with Gasteiger partial charge in [-0.1, -0.05) is 36.4 Å². The summed E-state index contributed by atoms with van der Waals surface area (Å²) in [6.45, 7) is 0.859. The Balaban J connectivity index is 1.48. The number of carbonyl (C=O) groups is 1. The van der Waals surface area contributed by atoms with Crippen LogP contribution >= 0.6 is 11.3 Å². The van der Waals surface area contributed by atoms with Gasteiger partial charge in [-0.2, -0.15) is 0 Å². The fraction of sp³-hybridized carbons (Fsp3) is 0.174. The van der Waals surface area contributed by atoms with Gasteiger partial charge in [-0.25, -0.2) is 4.79 Å². The number of benzene rings is 2. The molecule has 0 radical (unpaired) electrons. The molecule has 0 aliphatic carbocycles. The number of methoxy groups -OCH3 is 1. The average Bonchev–Trinajstić information content (AvgIpc) is 3.51. The van der Waals surface area contributed by atoms with Crippen molar-refractivity contribution in [2.75, 3.05) is 25.6 Å². The minimum absolute atomic E-state index is 0.148. The second kappa shape index (κ2) is 10.6. The molecule has 2 heterocycles. The van der Waals surface area contributed by atoms with E-state index >= 15 is 0 Å². The summed E-state index contributed by atoms with van der Waals surface area (Å²) in [6, 6.07) is 20.1. The molecule has 0 aliphatic rings. The lowest BCUT2D eigenvalue weighted by molar-refractivity contribution is 0.148. The van der Waals surface area contributed by atoms with Crippen molar-refractivity contribution in [3.8, 4) is 22.3 Å². The van der Waals surface area contributed by atoms with E-state index < -0.39 is 0 Å². The maximum absolute atomic E-state index is 13.1. The van der Waals surface area contributed by atoms with E-state index in [4.69, 9.17) is 13.9 Å². The van der Waals surface area contributed by atoms with Gasteiger partial charge in [0.1, 0.15) is 12.3 Å². The van der Waals surface area contributed by atoms with Gasteiger partial charge in [0.05, 0.1) is 17.2 Å². The lowest BCUT2D eigenvalue weighted by atomic mass is 10.3. The van der Waals surface area contributed by atoms with Gasteiger partial charge in [-0.3, -0.25) is 0 Å². The third-order valence-electron chi connectivity index (χ3n) is 4.48. The molecule has 0 unspecified atom stereocenters. The first-order valence-corrected chi connectivity index (χ1v) is 10.8. The number of nitrogens with one attached hydrogen (secondary N) is 1. The molecule has 8 nitrogen and oxygen atoms in total. The molecule has 2 aromatic carbocycles. The fourth-order valence-electron chi connectivity index (χ4n) is 2.90. The van der Waals surface area contributed by atoms with Crippen molar-refractivity contribution >= 4 is 23.1 Å². The summed E-state index contributed by atoms with van der Waals surface area (Å²) in [5, 5.41) is 13.0. The van der Waals surface area contributed by atoms with Gasteiger partial charge in [0.15, 0.2) is 5.75 Å². The number of urea groups is 1. The molecule has 0 aliphatic heterocycles. The van der Waals surface area contributed by atoms with E-state index in [1.165, 1.54) is 11.3 Å². The summed E-state index contributed by atoms with van der Waals surface area (Å²) >= 11 is 1.51. The first-order chi connectivity index (χ1) is 15.7. The van der Waals surface area contributed by atoms with Crippen LogP contribution in [0.15, 0.2) is 76.5 Å². The third-order valence-corrected chi connectivity index (χ3v) is 5.34. The van der Waals surface area contributed by atoms with Crippen molar-refractivity contribution in [3.63, 3.8) is 0 Å². The number of hydrogen-bond acceptors (Lipinski definition) is 7. The normalized spacial score (nSPS) is 10.7. The first-order valence-electron chi connectivity index (χ1n) is 9.96. The second-order valence-corrected chi connectivity index (χ2v) is 7.68. The minimum atomic E-state index is -0.331. The molecule has 9 heteroatoms. The summed E-state index contributed by atoms with van der Waals surface area (Å²) < 4.78 is 16.8. The van der Waals surface area contributed by atoms with Crippen LogP contribution in [0.25, 0.3) is 10.8 Å². The van der Waals surface area contributed by atoms with Crippen LogP contribution in [0, 0.1) is 0 Å². The predicted molar refractivity (Wildman–Crippen MR) is 122 cm³/mol. The van der Waals surface area contributed by atoms with Crippen molar-refractivity contribution < 1.29 is 18.7 Å². The topological polar surface area (TPSA) is 89.7 Å². The highest BCUT2D eigenvalue weighted by Gasteiger charge is 2.19. The lowest BCUT2D eigenvalue weighted by Crippen LogP contribution is -2.37. The Morgan fingerprint density at radius 2 is 1.88 bits per heavy atom. The Hall–Kier alpha value is -3.69. The fourth-order valence-corrected chi connectivity index (χ4v) is 3.55. The molecule has 4 rings (SSSR count). The minimum Gasteiger partial charge on any atom is -0.455 e. The second-order valence-electron chi connectivity index (χ2n) is 6.73. The Bertz CT molecular complexity index is 1130. The molecule has 164 valence electrons. The quantitative estimate of drug-likeness (QED) is 0.374. The molecule has 2 amide bonds. The van der Waals surface area contributed by atoms with E-state index in [1.807, 2.05) is 60.0 Å². The Kier molecular flexibility index (Phi) is 7.11. The van der Waals surface area contributed by atoms with Gasteiger partial charge in [0.2, 0.25) is 5.89 Å². The van der Waals surface area contributed by atoms with Crippen molar-refractivity contribution in [3.05, 3.63) is 78.0 Å². The standard InChI is InChI=1S/C23H22N4O4S/c1-29-14-13-27(16-21-25-26-22(31-21)20-12-7-15-32-20)23(28)24-18-10-5-6-11-19(18)30-17-8-3-2-4-9-17/h2-12,15H,13-14,16H2,1H3,(H,24,28). The van der Waals surface area contributed by atoms with Gasteiger partial charge < -0.3 is 24.1 Å². The van der Waals surface area contributed by atoms with E-state index in [2.05, 4.69) is 15.5 Å². The molecule has 0 bridgehead atoms. The van der Waals surface area contributed by atoms with Crippen LogP contribution in [0.2, 0.25) is 0 Å². The molecule has 0 spiro atoms. The number of nitrogens with zero attached hydrogens (tertiary/aromatic N) is 3. The van der Waals surface area contributed by atoms with Gasteiger partial charge in [0.25, 0.3) is 5.89 Å². The average molecular weight is 451 g/mol. The summed E-state index contributed by atoms with van der Waals surface area (Å²) in [5.74, 6) is 1.99. The van der Waals surface area contributed by atoms with E-state index in [1.54, 1.807) is 24.1 Å². The number of rotatable bonds is 9. The largest absolute Gasteiger partial charge is 0.455 e. The van der Waals surface area contributed by atoms with Gasteiger partial charge in [0, 0.05) is 13.7 Å². The van der Waals surface area contributed by atoms with Crippen LogP contribution in [-0.2, 0) is 11.3 Å². The lowest BCUT2D eigenvalue weighted by Gasteiger charge is -2.22. The van der Waals surface area contributed by atoms with Crippen LogP contribution in [-0.4, -0.2) is 41.4 Å². The van der Waals surface area contributed by atoms with Crippen LogP contribution in [0.1, 0.15) is 5.89 Å². The number of amides is 2. The van der Waals surface area contributed by atoms with Gasteiger partial charge in [-0.15, -0.1) is 21.5 Å². The van der Waals surface area contributed by atoms with Crippen LogP contribution in [0.4, 0.5) is 10.5 Å². The highest BCUT2D eigenvalue weighted by Crippen LogP contribution is 2.29. The molecule has 0 fully saturated rings. The van der Waals surface area contributed by atoms with Crippen molar-refractivity contribution in [2.24, 2.45) is 0 Å². The highest BCUT2D eigenvalue weighted by molar-refractivity contribution is 7.13. The third kappa shape index (κ3) is 5.51. The smallest absolute Gasteiger partial charge is 0.322 e. The number of ether oxygens (including phenoxy) is 2. The molecule has 0 saturated heterocycles. The monoisotopic (exact) mass is 450 g/mol. The summed E-state index contributed by atoms with van der Waals surface area (Å²) in [4.78, 5) is 15.5. The maximum Gasteiger partial charge on any atom is 0.322 e. The zero-order chi connectivity index (χ0) is 22.2. The summed E-state index contributed by atoms with van der Waals surface area (Å²) in [6.07, 6.45) is 0. The van der Waals surface area contributed by atoms with Crippen molar-refractivity contribution in [1.29, 1.82) is 0 Å². The van der Waals surface area contributed by atoms with E-state index in [0.29, 0.717) is 42.1 Å². The number of aromatic nitrogens is 2. The maximum atomic E-state index is 13.1. The van der Waals surface area contributed by atoms with Crippen LogP contribution in [0.5, 0.6) is 11.5 Å². The molecule has 2 aromatic heterocycles. The number of anilines is 1. The molecular weight excluding hydrogens is 428 g/mol. The van der Waals surface area contributed by atoms with Crippen LogP contribution < -0.4 is 10.1 Å².